The Labute approximate surface area is 136 Å². The average molecular weight is 316 g/mol. The van der Waals surface area contributed by atoms with Crippen LogP contribution in [0.15, 0.2) is 39.6 Å². The first-order chi connectivity index (χ1) is 11.1. The fourth-order valence-corrected chi connectivity index (χ4v) is 3.09. The minimum atomic E-state index is -0.108. The van der Waals surface area contributed by atoms with Crippen LogP contribution in [0.4, 0.5) is 0 Å². The molecule has 0 aliphatic carbocycles. The summed E-state index contributed by atoms with van der Waals surface area (Å²) >= 11 is 0. The number of likely N-dealkylation sites (tertiary alicyclic amines) is 1. The lowest BCUT2D eigenvalue weighted by atomic mass is 10.1. The second kappa shape index (κ2) is 7.04. The molecule has 3 rings (SSSR count). The van der Waals surface area contributed by atoms with E-state index in [1.165, 1.54) is 19.3 Å². The summed E-state index contributed by atoms with van der Waals surface area (Å²) < 4.78 is 10.9. The van der Waals surface area contributed by atoms with Crippen LogP contribution < -0.4 is 0 Å². The maximum atomic E-state index is 12.5. The summed E-state index contributed by atoms with van der Waals surface area (Å²) in [6, 6.07) is 5.79. The highest BCUT2D eigenvalue weighted by Gasteiger charge is 2.23. The van der Waals surface area contributed by atoms with E-state index in [9.17, 15) is 4.79 Å². The van der Waals surface area contributed by atoms with Gasteiger partial charge in [0.05, 0.1) is 18.6 Å². The van der Waals surface area contributed by atoms with Crippen molar-refractivity contribution in [1.29, 1.82) is 0 Å². The lowest BCUT2D eigenvalue weighted by molar-refractivity contribution is 0.0745. The monoisotopic (exact) mass is 316 g/mol. The lowest BCUT2D eigenvalue weighted by Crippen LogP contribution is -2.32. The molecule has 1 saturated heterocycles. The van der Waals surface area contributed by atoms with Gasteiger partial charge in [0.1, 0.15) is 5.76 Å². The maximum Gasteiger partial charge on any atom is 0.289 e. The topological polar surface area (TPSA) is 49.8 Å². The Kier molecular flexibility index (Phi) is 4.86. The predicted octanol–water partition coefficient (Wildman–Crippen LogP) is 3.69. The van der Waals surface area contributed by atoms with E-state index >= 15 is 0 Å². The second-order valence-corrected chi connectivity index (χ2v) is 6.27. The molecule has 2 aromatic rings. The third kappa shape index (κ3) is 3.67. The zero-order valence-corrected chi connectivity index (χ0v) is 13.8. The van der Waals surface area contributed by atoms with Gasteiger partial charge in [0.2, 0.25) is 0 Å². The van der Waals surface area contributed by atoms with Gasteiger partial charge in [0.15, 0.2) is 5.76 Å². The molecule has 5 nitrogen and oxygen atoms in total. The van der Waals surface area contributed by atoms with Gasteiger partial charge in [-0.1, -0.05) is 6.42 Å². The molecule has 1 fully saturated rings. The molecule has 0 spiro atoms. The summed E-state index contributed by atoms with van der Waals surface area (Å²) in [7, 11) is 1.77. The zero-order chi connectivity index (χ0) is 16.2. The molecule has 0 aromatic carbocycles. The van der Waals surface area contributed by atoms with Crippen LogP contribution in [0, 0.1) is 0 Å². The highest BCUT2D eigenvalue weighted by molar-refractivity contribution is 5.91. The molecule has 124 valence electrons. The molecule has 0 saturated carbocycles. The van der Waals surface area contributed by atoms with Crippen molar-refractivity contribution in [1.82, 2.24) is 9.80 Å². The number of piperidine rings is 1. The molecule has 3 heterocycles. The first-order valence-corrected chi connectivity index (χ1v) is 8.25. The number of rotatable bonds is 5. The van der Waals surface area contributed by atoms with Crippen molar-refractivity contribution in [3.05, 3.63) is 47.8 Å². The summed E-state index contributed by atoms with van der Waals surface area (Å²) in [5.74, 6) is 1.16. The maximum absolute atomic E-state index is 12.5. The van der Waals surface area contributed by atoms with Crippen LogP contribution in [0.5, 0.6) is 0 Å². The Morgan fingerprint density at radius 1 is 1.26 bits per heavy atom. The number of carbonyl (C=O) groups is 1. The summed E-state index contributed by atoms with van der Waals surface area (Å²) in [6.07, 6.45) is 7.05. The Morgan fingerprint density at radius 3 is 2.74 bits per heavy atom. The van der Waals surface area contributed by atoms with E-state index < -0.39 is 0 Å². The Morgan fingerprint density at radius 2 is 2.04 bits per heavy atom. The van der Waals surface area contributed by atoms with Gasteiger partial charge in [-0.05, 0) is 51.1 Å². The standard InChI is InChI=1S/C18H24N2O3/c1-14(20-9-4-3-5-10-20)16-6-7-17(23-16)18(21)19(2)12-15-8-11-22-13-15/h6-8,11,13-14H,3-5,9-10,12H2,1-2H3/t14-/m0/s1. The van der Waals surface area contributed by atoms with Gasteiger partial charge in [-0.25, -0.2) is 0 Å². The first kappa shape index (κ1) is 15.9. The minimum Gasteiger partial charge on any atom is -0.472 e. The normalized spacial score (nSPS) is 17.1. The summed E-state index contributed by atoms with van der Waals surface area (Å²) in [4.78, 5) is 16.5. The van der Waals surface area contributed by atoms with E-state index in [1.54, 1.807) is 30.5 Å². The third-order valence-corrected chi connectivity index (χ3v) is 4.53. The van der Waals surface area contributed by atoms with E-state index in [-0.39, 0.29) is 11.9 Å². The SMILES string of the molecule is C[C@@H](c1ccc(C(=O)N(C)Cc2ccoc2)o1)N1CCCCC1. The molecule has 1 aliphatic rings. The Hall–Kier alpha value is -2.01. The highest BCUT2D eigenvalue weighted by Crippen LogP contribution is 2.26. The summed E-state index contributed by atoms with van der Waals surface area (Å²) in [5, 5.41) is 0. The van der Waals surface area contributed by atoms with Crippen LogP contribution in [0.3, 0.4) is 0 Å². The average Bonchev–Trinajstić information content (AvgIpc) is 3.26. The molecule has 0 unspecified atom stereocenters. The second-order valence-electron chi connectivity index (χ2n) is 6.27. The minimum absolute atomic E-state index is 0.108. The molecule has 1 aliphatic heterocycles. The van der Waals surface area contributed by atoms with Gasteiger partial charge < -0.3 is 13.7 Å². The van der Waals surface area contributed by atoms with Crippen molar-refractivity contribution in [2.45, 2.75) is 38.8 Å². The quantitative estimate of drug-likeness (QED) is 0.844. The smallest absolute Gasteiger partial charge is 0.289 e. The van der Waals surface area contributed by atoms with Gasteiger partial charge in [0.25, 0.3) is 5.91 Å². The van der Waals surface area contributed by atoms with Gasteiger partial charge in [0, 0.05) is 19.2 Å². The molecular weight excluding hydrogens is 292 g/mol. The lowest BCUT2D eigenvalue weighted by Gasteiger charge is -2.31. The highest BCUT2D eigenvalue weighted by atomic mass is 16.4. The van der Waals surface area contributed by atoms with E-state index in [2.05, 4.69) is 11.8 Å². The number of furan rings is 2. The van der Waals surface area contributed by atoms with Crippen molar-refractivity contribution in [2.24, 2.45) is 0 Å². The molecule has 23 heavy (non-hydrogen) atoms. The van der Waals surface area contributed by atoms with E-state index in [0.717, 1.165) is 24.4 Å². The van der Waals surface area contributed by atoms with Crippen molar-refractivity contribution >= 4 is 5.91 Å². The van der Waals surface area contributed by atoms with Crippen molar-refractivity contribution in [3.63, 3.8) is 0 Å². The van der Waals surface area contributed by atoms with E-state index in [0.29, 0.717) is 12.3 Å². The molecular formula is C18H24N2O3. The van der Waals surface area contributed by atoms with E-state index in [4.69, 9.17) is 8.83 Å². The van der Waals surface area contributed by atoms with Crippen LogP contribution in [0.25, 0.3) is 0 Å². The van der Waals surface area contributed by atoms with Gasteiger partial charge in [-0.2, -0.15) is 0 Å². The van der Waals surface area contributed by atoms with Gasteiger partial charge in [-0.3, -0.25) is 9.69 Å². The predicted molar refractivity (Wildman–Crippen MR) is 87.1 cm³/mol. The number of nitrogens with zero attached hydrogens (tertiary/aromatic N) is 2. The first-order valence-electron chi connectivity index (χ1n) is 8.25. The van der Waals surface area contributed by atoms with Crippen molar-refractivity contribution in [2.75, 3.05) is 20.1 Å². The van der Waals surface area contributed by atoms with Crippen LogP contribution in [0.2, 0.25) is 0 Å². The molecule has 0 radical (unpaired) electrons. The largest absolute Gasteiger partial charge is 0.472 e. The number of hydrogen-bond acceptors (Lipinski definition) is 4. The van der Waals surface area contributed by atoms with Crippen molar-refractivity contribution in [3.8, 4) is 0 Å². The molecule has 1 atom stereocenters. The molecule has 2 aromatic heterocycles. The molecule has 1 amide bonds. The zero-order valence-electron chi connectivity index (χ0n) is 13.8. The van der Waals surface area contributed by atoms with Gasteiger partial charge in [-0.15, -0.1) is 0 Å². The summed E-state index contributed by atoms with van der Waals surface area (Å²) in [5.41, 5.74) is 0.967. The van der Waals surface area contributed by atoms with Gasteiger partial charge >= 0.3 is 0 Å². The third-order valence-electron chi connectivity index (χ3n) is 4.53. The van der Waals surface area contributed by atoms with Crippen LogP contribution in [-0.2, 0) is 6.54 Å². The Balaban J connectivity index is 1.64. The van der Waals surface area contributed by atoms with Crippen LogP contribution >= 0.6 is 0 Å². The van der Waals surface area contributed by atoms with E-state index in [1.807, 2.05) is 12.1 Å². The molecule has 0 bridgehead atoms. The fourth-order valence-electron chi connectivity index (χ4n) is 3.09. The molecule has 0 N–H and O–H groups in total. The number of amides is 1. The fraction of sp³-hybridized carbons (Fsp3) is 0.500. The number of hydrogen-bond donors (Lipinski definition) is 0. The summed E-state index contributed by atoms with van der Waals surface area (Å²) in [6.45, 7) is 4.86. The van der Waals surface area contributed by atoms with Crippen molar-refractivity contribution < 1.29 is 13.6 Å². The Bertz CT molecular complexity index is 626. The number of carbonyl (C=O) groups excluding carboxylic acids is 1. The molecule has 5 heteroatoms. The van der Waals surface area contributed by atoms with Crippen LogP contribution in [0.1, 0.15) is 54.1 Å². The van der Waals surface area contributed by atoms with Crippen LogP contribution in [-0.4, -0.2) is 35.8 Å².